The molecule has 0 aliphatic carbocycles. The Kier molecular flexibility index (Phi) is 3.14. The van der Waals surface area contributed by atoms with Gasteiger partial charge in [-0.1, -0.05) is 19.1 Å². The first kappa shape index (κ1) is 8.59. The summed E-state index contributed by atoms with van der Waals surface area (Å²) in [6, 6.07) is 7.54. The van der Waals surface area contributed by atoms with Gasteiger partial charge >= 0.3 is 0 Å². The highest BCUT2D eigenvalue weighted by Gasteiger charge is 1.92. The monoisotopic (exact) mass is 163 g/mol. The normalized spacial score (nSPS) is 10.4. The minimum atomic E-state index is 0.714. The molecule has 0 saturated heterocycles. The summed E-state index contributed by atoms with van der Waals surface area (Å²) < 4.78 is 0. The Hall–Kier alpha value is -1.51. The Morgan fingerprint density at radius 2 is 2.25 bits per heavy atom. The van der Waals surface area contributed by atoms with Crippen molar-refractivity contribution in [3.05, 3.63) is 24.3 Å². The number of nitrogens with two attached hydrogens (primary N) is 1. The number of benzene rings is 1. The van der Waals surface area contributed by atoms with Crippen LogP contribution in [-0.4, -0.2) is 6.21 Å². The molecule has 0 bridgehead atoms. The zero-order chi connectivity index (χ0) is 8.81. The fraction of sp³-hybridized carbons (Fsp3) is 0.222. The van der Waals surface area contributed by atoms with Crippen molar-refractivity contribution in [2.75, 3.05) is 11.2 Å². The van der Waals surface area contributed by atoms with Crippen LogP contribution in [0.25, 0.3) is 0 Å². The molecule has 1 rings (SSSR count). The summed E-state index contributed by atoms with van der Waals surface area (Å²) in [6.07, 6.45) is 2.71. The maximum Gasteiger partial charge on any atom is 0.0790 e. The van der Waals surface area contributed by atoms with Gasteiger partial charge in [0, 0.05) is 6.21 Å². The van der Waals surface area contributed by atoms with E-state index in [1.807, 2.05) is 31.2 Å². The van der Waals surface area contributed by atoms with Crippen LogP contribution in [0.3, 0.4) is 0 Å². The fourth-order valence-electron chi connectivity index (χ4n) is 0.805. The number of hydrazone groups is 1. The minimum absolute atomic E-state index is 0.714. The van der Waals surface area contributed by atoms with Gasteiger partial charge in [0.1, 0.15) is 0 Å². The molecule has 0 aromatic heterocycles. The number of rotatable bonds is 3. The van der Waals surface area contributed by atoms with Gasteiger partial charge in [-0.25, -0.2) is 0 Å². The van der Waals surface area contributed by atoms with E-state index in [4.69, 9.17) is 5.73 Å². The lowest BCUT2D eigenvalue weighted by Gasteiger charge is -2.02. The fourth-order valence-corrected chi connectivity index (χ4v) is 0.805. The minimum Gasteiger partial charge on any atom is -0.397 e. The largest absolute Gasteiger partial charge is 0.397 e. The van der Waals surface area contributed by atoms with Crippen molar-refractivity contribution in [1.82, 2.24) is 0 Å². The lowest BCUT2D eigenvalue weighted by atomic mass is 10.3. The van der Waals surface area contributed by atoms with Gasteiger partial charge in [-0.05, 0) is 18.6 Å². The van der Waals surface area contributed by atoms with Crippen molar-refractivity contribution < 1.29 is 0 Å². The van der Waals surface area contributed by atoms with E-state index in [2.05, 4.69) is 10.5 Å². The molecule has 0 spiro atoms. The van der Waals surface area contributed by atoms with Crippen LogP contribution in [0.4, 0.5) is 11.4 Å². The van der Waals surface area contributed by atoms with E-state index in [1.165, 1.54) is 0 Å². The first-order valence-corrected chi connectivity index (χ1v) is 3.96. The van der Waals surface area contributed by atoms with Crippen molar-refractivity contribution in [2.45, 2.75) is 13.3 Å². The van der Waals surface area contributed by atoms with Gasteiger partial charge in [0.25, 0.3) is 0 Å². The molecule has 0 saturated carbocycles. The molecule has 0 amide bonds. The zero-order valence-electron chi connectivity index (χ0n) is 7.12. The number of anilines is 2. The molecule has 64 valence electrons. The van der Waals surface area contributed by atoms with Gasteiger partial charge in [0.15, 0.2) is 0 Å². The standard InChI is InChI=1S/C9H13N3/c1-2-7-11-12-9-6-4-3-5-8(9)10/h3-7,12H,2,10H2,1H3/b11-7+. The number of para-hydroxylation sites is 2. The second-order valence-electron chi connectivity index (χ2n) is 2.42. The van der Waals surface area contributed by atoms with Gasteiger partial charge in [-0.3, -0.25) is 5.43 Å². The van der Waals surface area contributed by atoms with E-state index < -0.39 is 0 Å². The molecule has 0 radical (unpaired) electrons. The maximum atomic E-state index is 5.67. The van der Waals surface area contributed by atoms with Gasteiger partial charge in [-0.15, -0.1) is 0 Å². The average Bonchev–Trinajstić information content (AvgIpc) is 2.09. The highest BCUT2D eigenvalue weighted by Crippen LogP contribution is 2.15. The van der Waals surface area contributed by atoms with E-state index in [1.54, 1.807) is 6.21 Å². The quantitative estimate of drug-likeness (QED) is 0.407. The number of nitrogens with zero attached hydrogens (tertiary/aromatic N) is 1. The number of nitrogens with one attached hydrogen (secondary N) is 1. The third-order valence-electron chi connectivity index (χ3n) is 1.42. The third kappa shape index (κ3) is 2.27. The second kappa shape index (κ2) is 4.38. The van der Waals surface area contributed by atoms with Gasteiger partial charge in [0.2, 0.25) is 0 Å². The summed E-state index contributed by atoms with van der Waals surface area (Å²) >= 11 is 0. The molecule has 0 fully saturated rings. The van der Waals surface area contributed by atoms with Crippen LogP contribution < -0.4 is 11.2 Å². The third-order valence-corrected chi connectivity index (χ3v) is 1.42. The Morgan fingerprint density at radius 3 is 2.92 bits per heavy atom. The SMILES string of the molecule is CC/C=N/Nc1ccccc1N. The van der Waals surface area contributed by atoms with Gasteiger partial charge in [0.05, 0.1) is 11.4 Å². The molecule has 3 heteroatoms. The molecule has 0 aliphatic heterocycles. The van der Waals surface area contributed by atoms with Crippen molar-refractivity contribution in [1.29, 1.82) is 0 Å². The molecule has 0 unspecified atom stereocenters. The van der Waals surface area contributed by atoms with Crippen LogP contribution in [0, 0.1) is 0 Å². The topological polar surface area (TPSA) is 50.4 Å². The summed E-state index contributed by atoms with van der Waals surface area (Å²) in [5.41, 5.74) is 10.1. The van der Waals surface area contributed by atoms with E-state index in [9.17, 15) is 0 Å². The predicted octanol–water partition coefficient (Wildman–Crippen LogP) is 2.08. The first-order chi connectivity index (χ1) is 5.84. The van der Waals surface area contributed by atoms with E-state index in [-0.39, 0.29) is 0 Å². The van der Waals surface area contributed by atoms with Crippen LogP contribution in [0.1, 0.15) is 13.3 Å². The summed E-state index contributed by atoms with van der Waals surface area (Å²) in [4.78, 5) is 0. The molecule has 0 atom stereocenters. The van der Waals surface area contributed by atoms with E-state index in [0.29, 0.717) is 5.69 Å². The highest BCUT2D eigenvalue weighted by atomic mass is 15.3. The molecule has 3 N–H and O–H groups in total. The Labute approximate surface area is 72.3 Å². The molecular weight excluding hydrogens is 150 g/mol. The smallest absolute Gasteiger partial charge is 0.0790 e. The molecule has 0 heterocycles. The summed E-state index contributed by atoms with van der Waals surface area (Å²) in [5.74, 6) is 0. The molecule has 0 aliphatic rings. The summed E-state index contributed by atoms with van der Waals surface area (Å²) in [5, 5.41) is 3.97. The Morgan fingerprint density at radius 1 is 1.50 bits per heavy atom. The Balaban J connectivity index is 2.63. The van der Waals surface area contributed by atoms with Crippen LogP contribution in [-0.2, 0) is 0 Å². The van der Waals surface area contributed by atoms with Crippen LogP contribution >= 0.6 is 0 Å². The van der Waals surface area contributed by atoms with Crippen LogP contribution in [0.15, 0.2) is 29.4 Å². The molecule has 12 heavy (non-hydrogen) atoms. The molecule has 1 aromatic carbocycles. The van der Waals surface area contributed by atoms with Gasteiger partial charge < -0.3 is 5.73 Å². The number of hydrogen-bond donors (Lipinski definition) is 2. The van der Waals surface area contributed by atoms with Crippen LogP contribution in [0.5, 0.6) is 0 Å². The second-order valence-corrected chi connectivity index (χ2v) is 2.42. The van der Waals surface area contributed by atoms with Gasteiger partial charge in [-0.2, -0.15) is 5.10 Å². The predicted molar refractivity (Wildman–Crippen MR) is 53.3 cm³/mol. The Bertz CT molecular complexity index is 268. The van der Waals surface area contributed by atoms with Crippen LogP contribution in [0.2, 0.25) is 0 Å². The first-order valence-electron chi connectivity index (χ1n) is 3.96. The maximum absolute atomic E-state index is 5.67. The lowest BCUT2D eigenvalue weighted by Crippen LogP contribution is -1.94. The molecular formula is C9H13N3. The van der Waals surface area contributed by atoms with Crippen molar-refractivity contribution in [3.8, 4) is 0 Å². The number of hydrogen-bond acceptors (Lipinski definition) is 3. The van der Waals surface area contributed by atoms with Crippen molar-refractivity contribution >= 4 is 17.6 Å². The summed E-state index contributed by atoms with van der Waals surface area (Å²) in [7, 11) is 0. The zero-order valence-corrected chi connectivity index (χ0v) is 7.12. The van der Waals surface area contributed by atoms with Crippen molar-refractivity contribution in [3.63, 3.8) is 0 Å². The van der Waals surface area contributed by atoms with E-state index in [0.717, 1.165) is 12.1 Å². The highest BCUT2D eigenvalue weighted by molar-refractivity contribution is 5.67. The molecule has 1 aromatic rings. The number of nitrogen functional groups attached to an aromatic ring is 1. The average molecular weight is 163 g/mol. The van der Waals surface area contributed by atoms with Crippen molar-refractivity contribution in [2.24, 2.45) is 5.10 Å². The summed E-state index contributed by atoms with van der Waals surface area (Å²) in [6.45, 7) is 2.03. The van der Waals surface area contributed by atoms with E-state index >= 15 is 0 Å². The molecule has 3 nitrogen and oxygen atoms in total. The lowest BCUT2D eigenvalue weighted by molar-refractivity contribution is 1.27.